The minimum atomic E-state index is -0.575. The first-order valence-corrected chi connectivity index (χ1v) is 8.54. The van der Waals surface area contributed by atoms with Crippen molar-refractivity contribution >= 4 is 42.2 Å². The predicted octanol–water partition coefficient (Wildman–Crippen LogP) is 3.42. The van der Waals surface area contributed by atoms with Crippen molar-refractivity contribution in [1.29, 1.82) is 0 Å². The van der Waals surface area contributed by atoms with Crippen LogP contribution in [-0.2, 0) is 11.2 Å². The zero-order valence-electron chi connectivity index (χ0n) is 14.6. The molecule has 1 aromatic heterocycles. The maximum Gasteiger partial charge on any atom is 0.241 e. The molecule has 0 radical (unpaired) electrons. The van der Waals surface area contributed by atoms with Gasteiger partial charge in [-0.15, -0.1) is 24.8 Å². The minimum absolute atomic E-state index is 0. The summed E-state index contributed by atoms with van der Waals surface area (Å²) < 4.78 is 0. The third kappa shape index (κ3) is 6.16. The lowest BCUT2D eigenvalue weighted by atomic mass is 10.1. The highest BCUT2D eigenvalue weighted by Gasteiger charge is 2.15. The molecule has 0 aliphatic carbocycles. The average Bonchev–Trinajstić information content (AvgIpc) is 2.64. The van der Waals surface area contributed by atoms with Crippen molar-refractivity contribution in [3.05, 3.63) is 54.2 Å². The Labute approximate surface area is 167 Å². The van der Waals surface area contributed by atoms with Crippen LogP contribution in [0.25, 0.3) is 0 Å². The number of carbonyl (C=O) groups is 1. The van der Waals surface area contributed by atoms with Crippen LogP contribution in [0.5, 0.6) is 0 Å². The van der Waals surface area contributed by atoms with Crippen LogP contribution in [0.1, 0.15) is 24.8 Å². The molecule has 3 N–H and O–H groups in total. The van der Waals surface area contributed by atoms with Crippen molar-refractivity contribution in [3.8, 4) is 0 Å². The minimum Gasteiger partial charge on any atom is -0.357 e. The van der Waals surface area contributed by atoms with E-state index in [2.05, 4.69) is 15.2 Å². The third-order valence-corrected chi connectivity index (χ3v) is 4.33. The predicted molar refractivity (Wildman–Crippen MR) is 112 cm³/mol. The summed E-state index contributed by atoms with van der Waals surface area (Å²) in [5.41, 5.74) is 7.74. The molecule has 1 fully saturated rings. The van der Waals surface area contributed by atoms with Gasteiger partial charge in [-0.1, -0.05) is 30.3 Å². The highest BCUT2D eigenvalue weighted by molar-refractivity contribution is 5.94. The number of hydrogen-bond acceptors (Lipinski definition) is 4. The highest BCUT2D eigenvalue weighted by Crippen LogP contribution is 2.19. The first kappa shape index (κ1) is 22.2. The summed E-state index contributed by atoms with van der Waals surface area (Å²) in [5, 5.41) is 2.85. The number of rotatable bonds is 5. The van der Waals surface area contributed by atoms with E-state index in [1.807, 2.05) is 42.5 Å². The standard InChI is InChI=1S/C19H24N4O.2ClH/c20-17(13-15-7-3-1-4-8-15)19(24)22-16-9-10-18(21-14-16)23-11-5-2-6-12-23;;/h1,3-4,7-10,14,17H,2,5-6,11-13,20H2,(H,22,24);2*1H/t17-;;/m0../s1. The SMILES string of the molecule is Cl.Cl.N[C@@H](Cc1ccccc1)C(=O)Nc1ccc(N2CCCCC2)nc1. The second kappa shape index (κ2) is 11.0. The number of nitrogens with two attached hydrogens (primary N) is 1. The van der Waals surface area contributed by atoms with Crippen LogP contribution in [0.3, 0.4) is 0 Å². The van der Waals surface area contributed by atoms with Crippen molar-refractivity contribution < 1.29 is 4.79 Å². The molecule has 0 saturated carbocycles. The molecule has 7 heteroatoms. The van der Waals surface area contributed by atoms with E-state index in [0.717, 1.165) is 24.5 Å². The van der Waals surface area contributed by atoms with Gasteiger partial charge >= 0.3 is 0 Å². The molecule has 1 saturated heterocycles. The molecule has 2 heterocycles. The zero-order valence-corrected chi connectivity index (χ0v) is 16.3. The van der Waals surface area contributed by atoms with Gasteiger partial charge in [-0.2, -0.15) is 0 Å². The van der Waals surface area contributed by atoms with Crippen LogP contribution >= 0.6 is 24.8 Å². The largest absolute Gasteiger partial charge is 0.357 e. The fraction of sp³-hybridized carbons (Fsp3) is 0.368. The molecule has 2 aromatic rings. The normalized spacial score (nSPS) is 14.6. The van der Waals surface area contributed by atoms with Crippen molar-refractivity contribution in [1.82, 2.24) is 4.98 Å². The Morgan fingerprint density at radius 2 is 1.77 bits per heavy atom. The molecular weight excluding hydrogens is 371 g/mol. The Bertz CT molecular complexity index is 661. The maximum absolute atomic E-state index is 12.2. The van der Waals surface area contributed by atoms with Gasteiger partial charge in [-0.25, -0.2) is 4.98 Å². The lowest BCUT2D eigenvalue weighted by Crippen LogP contribution is -2.37. The fourth-order valence-corrected chi connectivity index (χ4v) is 2.97. The number of pyridine rings is 1. The van der Waals surface area contributed by atoms with E-state index in [9.17, 15) is 4.79 Å². The Balaban J connectivity index is 0.00000169. The number of anilines is 2. The van der Waals surface area contributed by atoms with Crippen LogP contribution in [0.15, 0.2) is 48.7 Å². The molecule has 0 unspecified atom stereocenters. The molecule has 1 aliphatic rings. The Kier molecular flexibility index (Phi) is 9.41. The molecule has 0 bridgehead atoms. The summed E-state index contributed by atoms with van der Waals surface area (Å²) in [5.74, 6) is 0.785. The number of nitrogens with zero attached hydrogens (tertiary/aromatic N) is 2. The fourth-order valence-electron chi connectivity index (χ4n) is 2.97. The summed E-state index contributed by atoms with van der Waals surface area (Å²) in [6.07, 6.45) is 5.95. The summed E-state index contributed by atoms with van der Waals surface area (Å²) in [6, 6.07) is 13.1. The first-order valence-electron chi connectivity index (χ1n) is 8.54. The van der Waals surface area contributed by atoms with Gasteiger partial charge in [0.15, 0.2) is 0 Å². The van der Waals surface area contributed by atoms with Crippen LogP contribution in [-0.4, -0.2) is 30.0 Å². The summed E-state index contributed by atoms with van der Waals surface area (Å²) in [7, 11) is 0. The van der Waals surface area contributed by atoms with Crippen molar-refractivity contribution in [2.24, 2.45) is 5.73 Å². The number of amides is 1. The average molecular weight is 397 g/mol. The van der Waals surface area contributed by atoms with Gasteiger partial charge in [0.1, 0.15) is 5.82 Å². The number of nitrogens with one attached hydrogen (secondary N) is 1. The molecular formula is C19H26Cl2N4O. The van der Waals surface area contributed by atoms with Gasteiger partial charge in [-0.3, -0.25) is 4.79 Å². The van der Waals surface area contributed by atoms with E-state index in [1.165, 1.54) is 19.3 Å². The lowest BCUT2D eigenvalue weighted by Gasteiger charge is -2.27. The second-order valence-electron chi connectivity index (χ2n) is 6.24. The van der Waals surface area contributed by atoms with Crippen LogP contribution in [0.2, 0.25) is 0 Å². The number of hydrogen-bond donors (Lipinski definition) is 2. The summed E-state index contributed by atoms with van der Waals surface area (Å²) >= 11 is 0. The monoisotopic (exact) mass is 396 g/mol. The van der Waals surface area contributed by atoms with E-state index >= 15 is 0 Å². The number of benzene rings is 1. The van der Waals surface area contributed by atoms with Gasteiger partial charge in [-0.05, 0) is 43.4 Å². The number of piperidine rings is 1. The third-order valence-electron chi connectivity index (χ3n) is 4.33. The molecule has 1 aromatic carbocycles. The summed E-state index contributed by atoms with van der Waals surface area (Å²) in [6.45, 7) is 2.11. The van der Waals surface area contributed by atoms with Crippen molar-refractivity contribution in [3.63, 3.8) is 0 Å². The smallest absolute Gasteiger partial charge is 0.241 e. The number of aromatic nitrogens is 1. The summed E-state index contributed by atoms with van der Waals surface area (Å²) in [4.78, 5) is 19.0. The topological polar surface area (TPSA) is 71.2 Å². The van der Waals surface area contributed by atoms with Gasteiger partial charge in [0.25, 0.3) is 0 Å². The van der Waals surface area contributed by atoms with E-state index in [-0.39, 0.29) is 30.7 Å². The molecule has 1 atom stereocenters. The van der Waals surface area contributed by atoms with E-state index in [1.54, 1.807) is 6.20 Å². The molecule has 3 rings (SSSR count). The van der Waals surface area contributed by atoms with Crippen LogP contribution in [0.4, 0.5) is 11.5 Å². The molecule has 26 heavy (non-hydrogen) atoms. The Hall–Kier alpha value is -1.82. The van der Waals surface area contributed by atoms with Crippen LogP contribution < -0.4 is 16.0 Å². The van der Waals surface area contributed by atoms with E-state index < -0.39 is 6.04 Å². The number of carbonyl (C=O) groups excluding carboxylic acids is 1. The van der Waals surface area contributed by atoms with Gasteiger partial charge in [0.2, 0.25) is 5.91 Å². The zero-order chi connectivity index (χ0) is 16.8. The van der Waals surface area contributed by atoms with Crippen LogP contribution in [0, 0.1) is 0 Å². The lowest BCUT2D eigenvalue weighted by molar-refractivity contribution is -0.117. The molecule has 1 amide bonds. The molecule has 5 nitrogen and oxygen atoms in total. The Morgan fingerprint density at radius 1 is 1.08 bits per heavy atom. The second-order valence-corrected chi connectivity index (χ2v) is 6.24. The van der Waals surface area contributed by atoms with Gasteiger partial charge in [0, 0.05) is 13.1 Å². The molecule has 1 aliphatic heterocycles. The quantitative estimate of drug-likeness (QED) is 0.811. The highest BCUT2D eigenvalue weighted by atomic mass is 35.5. The van der Waals surface area contributed by atoms with E-state index in [0.29, 0.717) is 12.1 Å². The molecule has 0 spiro atoms. The Morgan fingerprint density at radius 3 is 2.38 bits per heavy atom. The van der Waals surface area contributed by atoms with E-state index in [4.69, 9.17) is 5.73 Å². The van der Waals surface area contributed by atoms with Crippen molar-refractivity contribution in [2.45, 2.75) is 31.7 Å². The first-order chi connectivity index (χ1) is 11.7. The van der Waals surface area contributed by atoms with Gasteiger partial charge < -0.3 is 16.0 Å². The van der Waals surface area contributed by atoms with Gasteiger partial charge in [0.05, 0.1) is 17.9 Å². The maximum atomic E-state index is 12.2. The van der Waals surface area contributed by atoms with Crippen molar-refractivity contribution in [2.75, 3.05) is 23.3 Å². The molecule has 142 valence electrons. The number of halogens is 2.